The van der Waals surface area contributed by atoms with Crippen molar-refractivity contribution in [3.05, 3.63) is 95.5 Å². The summed E-state index contributed by atoms with van der Waals surface area (Å²) in [5.74, 6) is -2.42. The van der Waals surface area contributed by atoms with Crippen molar-refractivity contribution in [2.75, 3.05) is 25.8 Å². The minimum Gasteiger partial charge on any atom is -0.496 e. The fourth-order valence-corrected chi connectivity index (χ4v) is 5.11. The van der Waals surface area contributed by atoms with Crippen LogP contribution in [-0.4, -0.2) is 73.4 Å². The highest BCUT2D eigenvalue weighted by Gasteiger charge is 2.27. The second-order valence-corrected chi connectivity index (χ2v) is 13.2. The summed E-state index contributed by atoms with van der Waals surface area (Å²) in [5.41, 5.74) is 6.84. The van der Waals surface area contributed by atoms with Gasteiger partial charge in [-0.25, -0.2) is 14.6 Å². The maximum atomic E-state index is 14.0. The van der Waals surface area contributed by atoms with Gasteiger partial charge in [0.1, 0.15) is 23.3 Å². The highest BCUT2D eigenvalue weighted by atomic mass is 16.7. The van der Waals surface area contributed by atoms with Gasteiger partial charge >= 0.3 is 18.0 Å². The topological polar surface area (TPSA) is 230 Å². The number of nitrogens with one attached hydrogen (secondary N) is 4. The number of aromatic nitrogens is 1. The first kappa shape index (κ1) is 42.2. The van der Waals surface area contributed by atoms with Crippen molar-refractivity contribution in [1.29, 1.82) is 5.41 Å². The maximum Gasteiger partial charge on any atom is 0.415 e. The number of amides is 3. The molecule has 2 atom stereocenters. The molecular formula is C40H46N6O10. The maximum absolute atomic E-state index is 14.0. The molecule has 0 bridgehead atoms. The van der Waals surface area contributed by atoms with Crippen LogP contribution in [0.2, 0.25) is 0 Å². The van der Waals surface area contributed by atoms with Gasteiger partial charge in [0.15, 0.2) is 5.69 Å². The number of allylic oxidation sites excluding steroid dienone is 1. The van der Waals surface area contributed by atoms with E-state index in [0.29, 0.717) is 40.8 Å². The Morgan fingerprint density at radius 1 is 0.982 bits per heavy atom. The molecule has 1 aromatic heterocycles. The van der Waals surface area contributed by atoms with Gasteiger partial charge < -0.3 is 40.1 Å². The number of methoxy groups -OCH3 is 1. The normalized spacial score (nSPS) is 13.0. The summed E-state index contributed by atoms with van der Waals surface area (Å²) in [5, 5.41) is 16.2. The minimum atomic E-state index is -1.05. The minimum absolute atomic E-state index is 0.0594. The van der Waals surface area contributed by atoms with Gasteiger partial charge in [-0.15, -0.1) is 0 Å². The lowest BCUT2D eigenvalue weighted by atomic mass is 9.94. The molecule has 16 nitrogen and oxygen atoms in total. The summed E-state index contributed by atoms with van der Waals surface area (Å²) in [6.07, 6.45) is 1.66. The zero-order chi connectivity index (χ0) is 41.1. The molecule has 0 radical (unpaired) electrons. The molecule has 0 spiro atoms. The first-order chi connectivity index (χ1) is 26.6. The number of rotatable bonds is 17. The molecule has 3 aromatic rings. The smallest absolute Gasteiger partial charge is 0.415 e. The third-order valence-electron chi connectivity index (χ3n) is 8.37. The molecule has 296 valence electrons. The van der Waals surface area contributed by atoms with E-state index in [9.17, 15) is 24.0 Å². The molecule has 0 aliphatic heterocycles. The largest absolute Gasteiger partial charge is 0.496 e. The zero-order valence-electron chi connectivity index (χ0n) is 31.9. The molecule has 3 amide bonds. The van der Waals surface area contributed by atoms with Crippen molar-refractivity contribution in [3.63, 3.8) is 0 Å². The van der Waals surface area contributed by atoms with E-state index in [0.717, 1.165) is 12.8 Å². The highest BCUT2D eigenvalue weighted by molar-refractivity contribution is 6.11. The molecule has 0 saturated heterocycles. The average molecular weight is 771 g/mol. The predicted octanol–water partition coefficient (Wildman–Crippen LogP) is 5.38. The lowest BCUT2D eigenvalue weighted by molar-refractivity contribution is -0.154. The molecule has 16 heteroatoms. The summed E-state index contributed by atoms with van der Waals surface area (Å²) < 4.78 is 26.1. The number of alkyl carbamates (subject to hydrolysis) is 1. The lowest BCUT2D eigenvalue weighted by Crippen LogP contribution is -2.37. The van der Waals surface area contributed by atoms with E-state index in [-0.39, 0.29) is 39.8 Å². The van der Waals surface area contributed by atoms with E-state index >= 15 is 0 Å². The molecule has 1 fully saturated rings. The highest BCUT2D eigenvalue weighted by Crippen LogP contribution is 2.35. The van der Waals surface area contributed by atoms with Crippen molar-refractivity contribution in [1.82, 2.24) is 15.6 Å². The number of carbonyl (C=O) groups excluding carboxylic acids is 5. The van der Waals surface area contributed by atoms with Gasteiger partial charge in [-0.2, -0.15) is 0 Å². The Bertz CT molecular complexity index is 2010. The van der Waals surface area contributed by atoms with Gasteiger partial charge in [-0.1, -0.05) is 33.1 Å². The lowest BCUT2D eigenvalue weighted by Gasteiger charge is -2.18. The molecule has 1 aliphatic rings. The van der Waals surface area contributed by atoms with Crippen LogP contribution in [0.15, 0.2) is 67.4 Å². The predicted molar refractivity (Wildman–Crippen MR) is 207 cm³/mol. The Morgan fingerprint density at radius 2 is 1.68 bits per heavy atom. The molecule has 1 unspecified atom stereocenters. The van der Waals surface area contributed by atoms with Gasteiger partial charge in [0.25, 0.3) is 11.8 Å². The Kier molecular flexibility index (Phi) is 14.4. The van der Waals surface area contributed by atoms with Crippen LogP contribution in [0.1, 0.15) is 83.0 Å². The van der Waals surface area contributed by atoms with Crippen LogP contribution in [0, 0.1) is 17.2 Å². The van der Waals surface area contributed by atoms with Crippen molar-refractivity contribution >= 4 is 47.4 Å². The first-order valence-corrected chi connectivity index (χ1v) is 17.6. The number of pyridine rings is 1. The number of esters is 2. The van der Waals surface area contributed by atoms with Crippen LogP contribution in [-0.2, 0) is 23.7 Å². The van der Waals surface area contributed by atoms with Crippen LogP contribution in [0.5, 0.6) is 5.75 Å². The molecule has 1 saturated carbocycles. The fraction of sp³-hybridized carbons (Fsp3) is 0.325. The van der Waals surface area contributed by atoms with E-state index in [1.807, 2.05) is 0 Å². The van der Waals surface area contributed by atoms with Crippen LogP contribution in [0.3, 0.4) is 0 Å². The number of carbonyl (C=O) groups is 5. The molecule has 4 rings (SSSR count). The van der Waals surface area contributed by atoms with Crippen molar-refractivity contribution in [2.24, 2.45) is 17.6 Å². The van der Waals surface area contributed by atoms with E-state index in [2.05, 4.69) is 34.1 Å². The summed E-state index contributed by atoms with van der Waals surface area (Å²) in [7, 11) is 1.42. The third kappa shape index (κ3) is 11.5. The van der Waals surface area contributed by atoms with Crippen LogP contribution < -0.4 is 26.4 Å². The number of benzene rings is 2. The van der Waals surface area contributed by atoms with Crippen molar-refractivity contribution in [3.8, 4) is 16.9 Å². The first-order valence-electron chi connectivity index (χ1n) is 17.6. The van der Waals surface area contributed by atoms with Gasteiger partial charge in [0, 0.05) is 47.0 Å². The Labute approximate surface area is 324 Å². The Morgan fingerprint density at radius 3 is 2.29 bits per heavy atom. The van der Waals surface area contributed by atoms with E-state index in [1.54, 1.807) is 20.8 Å². The third-order valence-corrected chi connectivity index (χ3v) is 8.37. The number of amidine groups is 1. The summed E-state index contributed by atoms with van der Waals surface area (Å²) >= 11 is 0. The quantitative estimate of drug-likeness (QED) is 0.0383. The van der Waals surface area contributed by atoms with Gasteiger partial charge in [-0.3, -0.25) is 25.1 Å². The number of hydrogen-bond acceptors (Lipinski definition) is 13. The zero-order valence-corrected chi connectivity index (χ0v) is 31.9. The molecule has 1 heterocycles. The van der Waals surface area contributed by atoms with E-state index < -0.39 is 49.0 Å². The Balaban J connectivity index is 1.64. The number of hydrogen-bond donors (Lipinski definition) is 5. The van der Waals surface area contributed by atoms with Gasteiger partial charge in [0.2, 0.25) is 13.1 Å². The van der Waals surface area contributed by atoms with E-state index in [1.165, 1.54) is 68.6 Å². The fourth-order valence-electron chi connectivity index (χ4n) is 5.11. The Hall–Kier alpha value is -6.55. The van der Waals surface area contributed by atoms with Gasteiger partial charge in [0.05, 0.1) is 12.9 Å². The number of nitrogens with zero attached hydrogens (tertiary/aromatic N) is 1. The summed E-state index contributed by atoms with van der Waals surface area (Å²) in [6.45, 7) is 13.6. The monoisotopic (exact) mass is 770 g/mol. The second kappa shape index (κ2) is 19.2. The summed E-state index contributed by atoms with van der Waals surface area (Å²) in [4.78, 5) is 69.5. The average Bonchev–Trinajstić information content (AvgIpc) is 4.00. The SMILES string of the molecule is C=Cc1cc(C(=O)Nc2ccc(C(=N)NC(=O)OC(C)OC(=C)C)cc2)c(-c2ccc(C(=O)NCC3CC3)nc2C(=O)OCOC(=O)[C@@H](N)C(C)C)cc1OC. The molecular weight excluding hydrogens is 724 g/mol. The number of nitrogens with two attached hydrogens (primary N) is 1. The number of anilines is 1. The summed E-state index contributed by atoms with van der Waals surface area (Å²) in [6, 6.07) is 11.0. The molecule has 56 heavy (non-hydrogen) atoms. The number of ether oxygens (including phenoxy) is 5. The van der Waals surface area contributed by atoms with Crippen molar-refractivity contribution in [2.45, 2.75) is 52.9 Å². The van der Waals surface area contributed by atoms with E-state index in [4.69, 9.17) is 34.8 Å². The van der Waals surface area contributed by atoms with Crippen LogP contribution >= 0.6 is 0 Å². The molecule has 1 aliphatic carbocycles. The molecule has 2 aromatic carbocycles. The van der Waals surface area contributed by atoms with Crippen LogP contribution in [0.4, 0.5) is 10.5 Å². The second-order valence-electron chi connectivity index (χ2n) is 13.2. The molecule has 6 N–H and O–H groups in total. The standard InChI is InChI=1S/C40H46N6O10/c1-8-25-17-30(36(47)44-27-13-11-26(12-14-27)35(42)46-40(51)56-23(6)55-22(4)5)29(18-32(25)52-7)28-15-16-31(37(48)43-19-24-9-10-24)45-34(28)39(50)54-20-53-38(49)33(41)21(2)3/h8,11-18,21,23-24,33H,1,4,9-10,19-20,41H2,2-3,5-7H3,(H,43,48)(H,44,47)(H2,42,46,51)/t23?,33-/m0/s1. The van der Waals surface area contributed by atoms with Crippen LogP contribution in [0.25, 0.3) is 17.2 Å². The van der Waals surface area contributed by atoms with Gasteiger partial charge in [-0.05, 0) is 80.1 Å². The van der Waals surface area contributed by atoms with Crippen molar-refractivity contribution < 1.29 is 47.7 Å².